The van der Waals surface area contributed by atoms with Crippen molar-refractivity contribution >= 4 is 23.7 Å². The summed E-state index contributed by atoms with van der Waals surface area (Å²) in [6, 6.07) is -0.125. The van der Waals surface area contributed by atoms with Crippen molar-refractivity contribution in [1.82, 2.24) is 4.57 Å². The molecule has 0 rings (SSSR count). The van der Waals surface area contributed by atoms with Gasteiger partial charge in [-0.2, -0.15) is 0 Å². The number of nitrogens with two attached hydrogens (primary N) is 1. The third kappa shape index (κ3) is 7.07. The summed E-state index contributed by atoms with van der Waals surface area (Å²) >= 11 is 0. The quantitative estimate of drug-likeness (QED) is 0.306. The van der Waals surface area contributed by atoms with Crippen molar-refractivity contribution in [3.63, 3.8) is 0 Å². The van der Waals surface area contributed by atoms with Crippen molar-refractivity contribution in [2.75, 3.05) is 47.7 Å². The second kappa shape index (κ2) is 14.6. The molecule has 1 amide bonds. The summed E-state index contributed by atoms with van der Waals surface area (Å²) in [5.74, 6) is -0.808. The van der Waals surface area contributed by atoms with E-state index in [-0.39, 0.29) is 17.5 Å². The molecule has 0 heterocycles. The van der Waals surface area contributed by atoms with Crippen molar-refractivity contribution in [2.24, 2.45) is 11.7 Å². The molecule has 0 aromatic heterocycles. The minimum atomic E-state index is -3.33. The molecule has 0 bridgehead atoms. The van der Waals surface area contributed by atoms with E-state index >= 15 is 0 Å². The Balaban J connectivity index is 6.61. The van der Waals surface area contributed by atoms with Gasteiger partial charge in [-0.15, -0.1) is 0 Å². The van der Waals surface area contributed by atoms with Gasteiger partial charge in [-0.3, -0.25) is 9.36 Å². The summed E-state index contributed by atoms with van der Waals surface area (Å²) in [5.41, 5.74) is 5.54. The van der Waals surface area contributed by atoms with E-state index in [1.807, 2.05) is 20.8 Å². The van der Waals surface area contributed by atoms with Crippen LogP contribution in [0.25, 0.3) is 0 Å². The average molecular weight is 469 g/mol. The smallest absolute Gasteiger partial charge is 0.377 e. The molecule has 0 saturated heterocycles. The van der Waals surface area contributed by atoms with Gasteiger partial charge in [0.25, 0.3) is 0 Å². The molecule has 180 valence electrons. The number of amides is 1. The molecular weight excluding hydrogens is 424 g/mol. The predicted octanol–water partition coefficient (Wildman–Crippen LogP) is 2.39. The zero-order valence-corrected chi connectivity index (χ0v) is 22.4. The third-order valence-electron chi connectivity index (χ3n) is 5.32. The van der Waals surface area contributed by atoms with Crippen molar-refractivity contribution in [2.45, 2.75) is 66.0 Å². The SMILES string of the molecule is CCO[Si](OCC)(OCC)N(CC(C)C(N)=O)C(CC)C(CC)[Si](OC)(OC)OC. The molecule has 0 fully saturated rings. The molecule has 0 saturated carbocycles. The highest BCUT2D eigenvalue weighted by Gasteiger charge is 2.58. The molecule has 0 radical (unpaired) electrons. The normalized spacial score (nSPS) is 15.9. The monoisotopic (exact) mass is 468 g/mol. The maximum absolute atomic E-state index is 12.0. The zero-order valence-electron chi connectivity index (χ0n) is 20.4. The molecule has 0 aliphatic rings. The van der Waals surface area contributed by atoms with E-state index < -0.39 is 23.7 Å². The Hall–Kier alpha value is -0.376. The van der Waals surface area contributed by atoms with Crippen LogP contribution in [0.4, 0.5) is 0 Å². The van der Waals surface area contributed by atoms with Crippen LogP contribution in [0.2, 0.25) is 5.54 Å². The van der Waals surface area contributed by atoms with E-state index in [9.17, 15) is 4.79 Å². The van der Waals surface area contributed by atoms with Gasteiger partial charge < -0.3 is 32.3 Å². The van der Waals surface area contributed by atoms with Gasteiger partial charge in [-0.25, -0.2) is 0 Å². The number of carbonyl (C=O) groups excluding carboxylic acids is 1. The second-order valence-corrected chi connectivity index (χ2v) is 12.6. The predicted molar refractivity (Wildman–Crippen MR) is 121 cm³/mol. The Bertz CT molecular complexity index is 459. The van der Waals surface area contributed by atoms with Crippen LogP contribution in [0.5, 0.6) is 0 Å². The van der Waals surface area contributed by atoms with Crippen LogP contribution in [-0.4, -0.2) is 82.0 Å². The van der Waals surface area contributed by atoms with Crippen LogP contribution in [0.3, 0.4) is 0 Å². The lowest BCUT2D eigenvalue weighted by atomic mass is 10.1. The molecular formula is C19H44N2O7Si2. The van der Waals surface area contributed by atoms with E-state index in [0.29, 0.717) is 26.4 Å². The van der Waals surface area contributed by atoms with Gasteiger partial charge in [0.2, 0.25) is 5.91 Å². The van der Waals surface area contributed by atoms with E-state index in [2.05, 4.69) is 18.4 Å². The van der Waals surface area contributed by atoms with Crippen LogP contribution in [-0.2, 0) is 31.4 Å². The van der Waals surface area contributed by atoms with E-state index in [1.54, 1.807) is 28.3 Å². The zero-order chi connectivity index (χ0) is 23.4. The Morgan fingerprint density at radius 1 is 0.867 bits per heavy atom. The van der Waals surface area contributed by atoms with E-state index in [4.69, 9.17) is 32.3 Å². The van der Waals surface area contributed by atoms with Crippen LogP contribution >= 0.6 is 0 Å². The lowest BCUT2D eigenvalue weighted by Gasteiger charge is -2.47. The van der Waals surface area contributed by atoms with Crippen molar-refractivity contribution < 1.29 is 31.4 Å². The van der Waals surface area contributed by atoms with Crippen LogP contribution in [0.15, 0.2) is 0 Å². The Kier molecular flexibility index (Phi) is 14.5. The minimum Gasteiger partial charge on any atom is -0.377 e. The molecule has 3 unspecified atom stereocenters. The van der Waals surface area contributed by atoms with Crippen LogP contribution in [0, 0.1) is 5.92 Å². The van der Waals surface area contributed by atoms with E-state index in [0.717, 1.165) is 12.8 Å². The minimum absolute atomic E-state index is 0.0872. The maximum Gasteiger partial charge on any atom is 0.599 e. The number of hydrogen-bond acceptors (Lipinski definition) is 8. The largest absolute Gasteiger partial charge is 0.599 e. The number of rotatable bonds is 18. The summed E-state index contributed by atoms with van der Waals surface area (Å²) in [6.07, 6.45) is 1.48. The molecule has 3 atom stereocenters. The lowest BCUT2D eigenvalue weighted by molar-refractivity contribution is -0.122. The number of primary amides is 1. The van der Waals surface area contributed by atoms with Gasteiger partial charge >= 0.3 is 17.8 Å². The number of hydrogen-bond donors (Lipinski definition) is 1. The van der Waals surface area contributed by atoms with Gasteiger partial charge in [0, 0.05) is 65.2 Å². The van der Waals surface area contributed by atoms with Gasteiger partial charge in [0.15, 0.2) is 0 Å². The maximum atomic E-state index is 12.0. The van der Waals surface area contributed by atoms with Crippen molar-refractivity contribution in [3.05, 3.63) is 0 Å². The molecule has 11 heteroatoms. The molecule has 0 aliphatic carbocycles. The molecule has 9 nitrogen and oxygen atoms in total. The third-order valence-corrected chi connectivity index (χ3v) is 11.9. The van der Waals surface area contributed by atoms with E-state index in [1.165, 1.54) is 0 Å². The number of nitrogens with zero attached hydrogens (tertiary/aromatic N) is 1. The van der Waals surface area contributed by atoms with Crippen LogP contribution in [0.1, 0.15) is 54.4 Å². The molecule has 2 N–H and O–H groups in total. The summed E-state index contributed by atoms with van der Waals surface area (Å²) in [5, 5.41) is 0. The molecule has 0 spiro atoms. The average Bonchev–Trinajstić information content (AvgIpc) is 2.73. The lowest BCUT2D eigenvalue weighted by Crippen LogP contribution is -2.68. The highest BCUT2D eigenvalue weighted by molar-refractivity contribution is 6.63. The summed E-state index contributed by atoms with van der Waals surface area (Å²) in [6.45, 7) is 13.3. The van der Waals surface area contributed by atoms with Gasteiger partial charge in [0.05, 0.1) is 0 Å². The Labute approximate surface area is 185 Å². The first-order valence-electron chi connectivity index (χ1n) is 10.9. The van der Waals surface area contributed by atoms with Gasteiger partial charge in [-0.05, 0) is 33.6 Å². The van der Waals surface area contributed by atoms with Crippen molar-refractivity contribution in [1.29, 1.82) is 0 Å². The standard InChI is InChI=1S/C19H44N2O7Si2/c1-10-17(18(11-2)29(23-7,24-8)25-9)21(15-16(6)19(20)22)30(26-12-3,27-13-4)28-14-5/h16-18H,10-15H2,1-9H3,(H2,20,22). The van der Waals surface area contributed by atoms with Gasteiger partial charge in [-0.1, -0.05) is 20.8 Å². The first-order valence-corrected chi connectivity index (χ1v) is 14.3. The van der Waals surface area contributed by atoms with Crippen molar-refractivity contribution in [3.8, 4) is 0 Å². The molecule has 0 aromatic rings. The first kappa shape index (κ1) is 29.6. The summed E-state index contributed by atoms with van der Waals surface area (Å²) in [7, 11) is -1.51. The summed E-state index contributed by atoms with van der Waals surface area (Å²) < 4.78 is 38.2. The second-order valence-electron chi connectivity index (χ2n) is 6.98. The number of carbonyl (C=O) groups is 1. The molecule has 0 aromatic carbocycles. The first-order chi connectivity index (χ1) is 14.2. The van der Waals surface area contributed by atoms with Gasteiger partial charge in [0.1, 0.15) is 0 Å². The Morgan fingerprint density at radius 3 is 1.57 bits per heavy atom. The topological polar surface area (TPSA) is 102 Å². The summed E-state index contributed by atoms with van der Waals surface area (Å²) in [4.78, 5) is 12.0. The highest BCUT2D eigenvalue weighted by Crippen LogP contribution is 2.38. The fourth-order valence-corrected chi connectivity index (χ4v) is 9.99. The molecule has 0 aliphatic heterocycles. The fraction of sp³-hybridized carbons (Fsp3) is 0.947. The van der Waals surface area contributed by atoms with Crippen LogP contribution < -0.4 is 5.73 Å². The fourth-order valence-electron chi connectivity index (χ4n) is 3.94. The molecule has 30 heavy (non-hydrogen) atoms. The Morgan fingerprint density at radius 2 is 1.30 bits per heavy atom. The highest BCUT2D eigenvalue weighted by atomic mass is 28.4.